The minimum absolute atomic E-state index is 0.286. The quantitative estimate of drug-likeness (QED) is 0.195. The lowest BCUT2D eigenvalue weighted by Gasteiger charge is -2.07. The van der Waals surface area contributed by atoms with E-state index in [1.54, 1.807) is 0 Å². The standard InChI is InChI=1S/C30H34O2/c1-2-3-4-5-6-9-14-26-15-17-27(18-16-26)28-19-21-29(22-20-28)30(31)32-24-23-25-12-10-7-8-11-13-25/h7-8,10-12,15-22H,2-6,9,14,23-24H2,1H3. The van der Waals surface area contributed by atoms with Gasteiger partial charge in [-0.25, -0.2) is 4.79 Å². The molecule has 0 N–H and O–H groups in total. The summed E-state index contributed by atoms with van der Waals surface area (Å²) < 4.78 is 5.43. The van der Waals surface area contributed by atoms with E-state index in [1.807, 2.05) is 54.6 Å². The predicted octanol–water partition coefficient (Wildman–Crippen LogP) is 8.01. The first kappa shape index (κ1) is 23.6. The van der Waals surface area contributed by atoms with E-state index in [1.165, 1.54) is 49.7 Å². The van der Waals surface area contributed by atoms with Crippen molar-refractivity contribution >= 4 is 5.97 Å². The maximum Gasteiger partial charge on any atom is 0.338 e. The molecule has 3 rings (SSSR count). The molecule has 0 unspecified atom stereocenters. The van der Waals surface area contributed by atoms with Gasteiger partial charge < -0.3 is 4.74 Å². The number of hydrogen-bond donors (Lipinski definition) is 0. The second-order valence-electron chi connectivity index (χ2n) is 8.26. The number of benzene rings is 2. The van der Waals surface area contributed by atoms with Crippen molar-refractivity contribution in [2.24, 2.45) is 0 Å². The molecule has 0 saturated heterocycles. The Morgan fingerprint density at radius 2 is 1.47 bits per heavy atom. The molecule has 0 aromatic heterocycles. The van der Waals surface area contributed by atoms with E-state index < -0.39 is 0 Å². The molecule has 0 saturated carbocycles. The van der Waals surface area contributed by atoms with E-state index >= 15 is 0 Å². The number of carbonyl (C=O) groups is 1. The van der Waals surface area contributed by atoms with Crippen molar-refractivity contribution < 1.29 is 9.53 Å². The fourth-order valence-corrected chi connectivity index (χ4v) is 3.76. The van der Waals surface area contributed by atoms with E-state index in [2.05, 4.69) is 36.9 Å². The van der Waals surface area contributed by atoms with Gasteiger partial charge in [-0.3, -0.25) is 0 Å². The van der Waals surface area contributed by atoms with Crippen LogP contribution in [0.4, 0.5) is 0 Å². The van der Waals surface area contributed by atoms with Gasteiger partial charge in [0.05, 0.1) is 12.2 Å². The highest BCUT2D eigenvalue weighted by molar-refractivity contribution is 5.90. The summed E-state index contributed by atoms with van der Waals surface area (Å²) in [6, 6.07) is 16.5. The summed E-state index contributed by atoms with van der Waals surface area (Å²) in [5.41, 5.74) is 8.46. The Hall–Kier alpha value is -3.09. The number of esters is 1. The van der Waals surface area contributed by atoms with Crippen molar-refractivity contribution in [3.63, 3.8) is 0 Å². The highest BCUT2D eigenvalue weighted by atomic mass is 16.5. The molecule has 2 heteroatoms. The number of allylic oxidation sites excluding steroid dienone is 4. The van der Waals surface area contributed by atoms with Gasteiger partial charge in [-0.2, -0.15) is 0 Å². The first-order valence-corrected chi connectivity index (χ1v) is 11.9. The van der Waals surface area contributed by atoms with Gasteiger partial charge in [0.2, 0.25) is 0 Å². The lowest BCUT2D eigenvalue weighted by Crippen LogP contribution is -2.06. The number of carbonyl (C=O) groups excluding carboxylic acids is 1. The average Bonchev–Trinajstić information content (AvgIpc) is 3.11. The highest BCUT2D eigenvalue weighted by Crippen LogP contribution is 2.22. The Balaban J connectivity index is 1.45. The van der Waals surface area contributed by atoms with Crippen molar-refractivity contribution in [3.8, 4) is 11.1 Å². The Kier molecular flexibility index (Phi) is 9.83. The molecule has 0 heterocycles. The van der Waals surface area contributed by atoms with Gasteiger partial charge in [-0.15, -0.1) is 5.73 Å². The minimum atomic E-state index is -0.286. The lowest BCUT2D eigenvalue weighted by molar-refractivity contribution is 0.0510. The SMILES string of the molecule is CCCCCCCCc1ccc(-c2ccc(C(=O)OCCC3=C=CC=CC=C3)cc2)cc1. The summed E-state index contributed by atoms with van der Waals surface area (Å²) in [5, 5.41) is 0. The van der Waals surface area contributed by atoms with Crippen LogP contribution in [0.3, 0.4) is 0 Å². The van der Waals surface area contributed by atoms with Crippen LogP contribution >= 0.6 is 0 Å². The zero-order valence-electron chi connectivity index (χ0n) is 19.2. The molecule has 32 heavy (non-hydrogen) atoms. The number of unbranched alkanes of at least 4 members (excludes halogenated alkanes) is 5. The van der Waals surface area contributed by atoms with Crippen LogP contribution in [0, 0.1) is 0 Å². The third-order valence-electron chi connectivity index (χ3n) is 5.72. The van der Waals surface area contributed by atoms with Crippen LogP contribution < -0.4 is 0 Å². The van der Waals surface area contributed by atoms with Crippen LogP contribution in [0.5, 0.6) is 0 Å². The second kappa shape index (κ2) is 13.3. The molecule has 0 aliphatic heterocycles. The Bertz CT molecular complexity index is 968. The third kappa shape index (κ3) is 7.87. The summed E-state index contributed by atoms with van der Waals surface area (Å²) in [6.07, 6.45) is 19.5. The summed E-state index contributed by atoms with van der Waals surface area (Å²) in [6.45, 7) is 2.61. The van der Waals surface area contributed by atoms with Gasteiger partial charge in [0.15, 0.2) is 0 Å². The maximum atomic E-state index is 12.3. The Morgan fingerprint density at radius 3 is 2.22 bits per heavy atom. The Labute approximate surface area is 193 Å². The normalized spacial score (nSPS) is 12.5. The molecule has 166 valence electrons. The van der Waals surface area contributed by atoms with E-state index in [9.17, 15) is 4.79 Å². The zero-order valence-corrected chi connectivity index (χ0v) is 19.2. The van der Waals surface area contributed by atoms with Crippen molar-refractivity contribution in [3.05, 3.63) is 101 Å². The molecule has 0 spiro atoms. The molecule has 1 aliphatic carbocycles. The molecule has 0 fully saturated rings. The van der Waals surface area contributed by atoms with Crippen LogP contribution in [0.15, 0.2) is 90.2 Å². The number of rotatable bonds is 12. The second-order valence-corrected chi connectivity index (χ2v) is 8.26. The van der Waals surface area contributed by atoms with Gasteiger partial charge in [-0.1, -0.05) is 99.7 Å². The average molecular weight is 427 g/mol. The zero-order chi connectivity index (χ0) is 22.4. The monoisotopic (exact) mass is 426 g/mol. The van der Waals surface area contributed by atoms with Gasteiger partial charge >= 0.3 is 5.97 Å². The molecule has 0 radical (unpaired) electrons. The summed E-state index contributed by atoms with van der Waals surface area (Å²) >= 11 is 0. The van der Waals surface area contributed by atoms with Crippen molar-refractivity contribution in [1.82, 2.24) is 0 Å². The molecular weight excluding hydrogens is 392 g/mol. The molecule has 2 aromatic rings. The largest absolute Gasteiger partial charge is 0.462 e. The van der Waals surface area contributed by atoms with Crippen molar-refractivity contribution in [1.29, 1.82) is 0 Å². The number of hydrogen-bond acceptors (Lipinski definition) is 2. The van der Waals surface area contributed by atoms with E-state index in [0.717, 1.165) is 17.6 Å². The summed E-state index contributed by atoms with van der Waals surface area (Å²) in [5.74, 6) is -0.286. The minimum Gasteiger partial charge on any atom is -0.462 e. The fraction of sp³-hybridized carbons (Fsp3) is 0.333. The van der Waals surface area contributed by atoms with Crippen LogP contribution in [0.25, 0.3) is 11.1 Å². The van der Waals surface area contributed by atoms with Gasteiger partial charge in [0.1, 0.15) is 0 Å². The van der Waals surface area contributed by atoms with E-state index in [0.29, 0.717) is 18.6 Å². The van der Waals surface area contributed by atoms with Gasteiger partial charge in [0, 0.05) is 6.42 Å². The molecule has 0 bridgehead atoms. The van der Waals surface area contributed by atoms with E-state index in [-0.39, 0.29) is 5.97 Å². The van der Waals surface area contributed by atoms with Crippen LogP contribution in [0.2, 0.25) is 0 Å². The number of ether oxygens (including phenoxy) is 1. The van der Waals surface area contributed by atoms with Crippen LogP contribution in [-0.2, 0) is 11.2 Å². The highest BCUT2D eigenvalue weighted by Gasteiger charge is 2.08. The van der Waals surface area contributed by atoms with Crippen molar-refractivity contribution in [2.45, 2.75) is 58.3 Å². The van der Waals surface area contributed by atoms with Gasteiger partial charge in [-0.05, 0) is 53.3 Å². The predicted molar refractivity (Wildman–Crippen MR) is 134 cm³/mol. The topological polar surface area (TPSA) is 26.3 Å². The smallest absolute Gasteiger partial charge is 0.338 e. The van der Waals surface area contributed by atoms with Crippen LogP contribution in [-0.4, -0.2) is 12.6 Å². The molecule has 0 amide bonds. The third-order valence-corrected chi connectivity index (χ3v) is 5.72. The Morgan fingerprint density at radius 1 is 0.781 bits per heavy atom. The maximum absolute atomic E-state index is 12.3. The molecule has 1 aliphatic rings. The fourth-order valence-electron chi connectivity index (χ4n) is 3.76. The first-order valence-electron chi connectivity index (χ1n) is 11.9. The van der Waals surface area contributed by atoms with E-state index in [4.69, 9.17) is 4.74 Å². The number of aryl methyl sites for hydroxylation is 1. The van der Waals surface area contributed by atoms with Gasteiger partial charge in [0.25, 0.3) is 0 Å². The first-order chi connectivity index (χ1) is 15.8. The summed E-state index contributed by atoms with van der Waals surface area (Å²) in [4.78, 5) is 12.3. The molecular formula is C30H34O2. The lowest BCUT2D eigenvalue weighted by atomic mass is 10.00. The molecule has 2 nitrogen and oxygen atoms in total. The molecule has 2 aromatic carbocycles. The molecule has 0 atom stereocenters. The summed E-state index contributed by atoms with van der Waals surface area (Å²) in [7, 11) is 0. The van der Waals surface area contributed by atoms with Crippen molar-refractivity contribution in [2.75, 3.05) is 6.61 Å². The van der Waals surface area contributed by atoms with Crippen LogP contribution in [0.1, 0.15) is 67.8 Å².